The quantitative estimate of drug-likeness (QED) is 0.822. The van der Waals surface area contributed by atoms with Crippen LogP contribution in [0.4, 0.5) is 4.39 Å². The van der Waals surface area contributed by atoms with E-state index in [-0.39, 0.29) is 30.4 Å². The first-order valence-corrected chi connectivity index (χ1v) is 5.30. The van der Waals surface area contributed by atoms with Crippen LogP contribution in [0.5, 0.6) is 0 Å². The van der Waals surface area contributed by atoms with Gasteiger partial charge in [-0.25, -0.2) is 4.39 Å². The smallest absolute Gasteiger partial charge is 0.123 e. The molecule has 0 radical (unpaired) electrons. The highest BCUT2D eigenvalue weighted by Crippen LogP contribution is 2.24. The predicted octanol–water partition coefficient (Wildman–Crippen LogP) is 2.69. The molecule has 0 bridgehead atoms. The van der Waals surface area contributed by atoms with Gasteiger partial charge in [0.25, 0.3) is 0 Å². The summed E-state index contributed by atoms with van der Waals surface area (Å²) in [5, 5.41) is 3.42. The molecule has 2 nitrogen and oxygen atoms in total. The molecule has 3 unspecified atom stereocenters. The predicted molar refractivity (Wildman–Crippen MR) is 64.4 cm³/mol. The van der Waals surface area contributed by atoms with E-state index in [4.69, 9.17) is 4.74 Å². The zero-order valence-electron chi connectivity index (χ0n) is 9.44. The van der Waals surface area contributed by atoms with Gasteiger partial charge in [-0.3, -0.25) is 0 Å². The second-order valence-electron chi connectivity index (χ2n) is 4.16. The van der Waals surface area contributed by atoms with Gasteiger partial charge in [0.1, 0.15) is 5.82 Å². The summed E-state index contributed by atoms with van der Waals surface area (Å²) in [6.07, 6.45) is 0.0294. The van der Waals surface area contributed by atoms with E-state index in [9.17, 15) is 4.39 Å². The van der Waals surface area contributed by atoms with E-state index < -0.39 is 0 Å². The van der Waals surface area contributed by atoms with Gasteiger partial charge in [-0.15, -0.1) is 12.4 Å². The van der Waals surface area contributed by atoms with Crippen LogP contribution in [0.3, 0.4) is 0 Å². The Balaban J connectivity index is 0.00000128. The molecular formula is C12H17ClFNO. The van der Waals surface area contributed by atoms with Gasteiger partial charge < -0.3 is 10.1 Å². The Kier molecular flexibility index (Phi) is 4.71. The van der Waals surface area contributed by atoms with Gasteiger partial charge in [-0.2, -0.15) is 0 Å². The molecule has 3 atom stereocenters. The maximum absolute atomic E-state index is 12.8. The van der Waals surface area contributed by atoms with E-state index in [0.29, 0.717) is 12.6 Å². The van der Waals surface area contributed by atoms with Crippen molar-refractivity contribution in [3.05, 3.63) is 35.6 Å². The Bertz CT molecular complexity index is 330. The third-order valence-electron chi connectivity index (χ3n) is 2.73. The summed E-state index contributed by atoms with van der Waals surface area (Å²) in [4.78, 5) is 0. The molecule has 0 amide bonds. The Morgan fingerprint density at radius 3 is 2.44 bits per heavy atom. The highest BCUT2D eigenvalue weighted by Gasteiger charge is 2.26. The molecule has 1 heterocycles. The first-order valence-electron chi connectivity index (χ1n) is 5.30. The molecule has 2 rings (SSSR count). The third-order valence-corrected chi connectivity index (χ3v) is 2.73. The van der Waals surface area contributed by atoms with E-state index in [0.717, 1.165) is 5.56 Å². The van der Waals surface area contributed by atoms with Crippen LogP contribution in [-0.4, -0.2) is 18.7 Å². The fraction of sp³-hybridized carbons (Fsp3) is 0.500. The molecular weight excluding hydrogens is 229 g/mol. The summed E-state index contributed by atoms with van der Waals surface area (Å²) in [5.41, 5.74) is 1.03. The summed E-state index contributed by atoms with van der Waals surface area (Å²) >= 11 is 0. The summed E-state index contributed by atoms with van der Waals surface area (Å²) in [5.74, 6) is -0.205. The van der Waals surface area contributed by atoms with E-state index in [1.807, 2.05) is 0 Å². The average molecular weight is 246 g/mol. The molecule has 1 aliphatic heterocycles. The lowest BCUT2D eigenvalue weighted by molar-refractivity contribution is -0.0207. The van der Waals surface area contributed by atoms with Crippen LogP contribution in [-0.2, 0) is 4.74 Å². The lowest BCUT2D eigenvalue weighted by Gasteiger charge is -2.34. The second kappa shape index (κ2) is 5.62. The molecule has 0 spiro atoms. The molecule has 0 saturated carbocycles. The molecule has 1 N–H and O–H groups in total. The van der Waals surface area contributed by atoms with Crippen LogP contribution in [0.2, 0.25) is 0 Å². The zero-order chi connectivity index (χ0) is 10.8. The number of hydrogen-bond donors (Lipinski definition) is 1. The highest BCUT2D eigenvalue weighted by molar-refractivity contribution is 5.85. The van der Waals surface area contributed by atoms with Gasteiger partial charge in [-0.1, -0.05) is 12.1 Å². The minimum absolute atomic E-state index is 0. The SMILES string of the molecule is CC1COC(c2ccc(F)cc2)C(C)N1.Cl. The Labute approximate surface area is 102 Å². The van der Waals surface area contributed by atoms with Crippen LogP contribution in [0.15, 0.2) is 24.3 Å². The molecule has 1 fully saturated rings. The van der Waals surface area contributed by atoms with Crippen LogP contribution < -0.4 is 5.32 Å². The van der Waals surface area contributed by atoms with Gasteiger partial charge in [0.2, 0.25) is 0 Å². The van der Waals surface area contributed by atoms with Crippen LogP contribution in [0.25, 0.3) is 0 Å². The lowest BCUT2D eigenvalue weighted by Crippen LogP contribution is -2.47. The van der Waals surface area contributed by atoms with E-state index in [2.05, 4.69) is 19.2 Å². The van der Waals surface area contributed by atoms with Gasteiger partial charge in [-0.05, 0) is 31.5 Å². The highest BCUT2D eigenvalue weighted by atomic mass is 35.5. The number of nitrogens with one attached hydrogen (secondary N) is 1. The fourth-order valence-electron chi connectivity index (χ4n) is 2.01. The molecule has 1 aliphatic rings. The summed E-state index contributed by atoms with van der Waals surface area (Å²) in [7, 11) is 0. The maximum Gasteiger partial charge on any atom is 0.123 e. The van der Waals surface area contributed by atoms with Crippen molar-refractivity contribution in [1.82, 2.24) is 5.32 Å². The van der Waals surface area contributed by atoms with E-state index in [1.165, 1.54) is 12.1 Å². The van der Waals surface area contributed by atoms with Crippen molar-refractivity contribution in [3.63, 3.8) is 0 Å². The van der Waals surface area contributed by atoms with Crippen molar-refractivity contribution >= 4 is 12.4 Å². The summed E-state index contributed by atoms with van der Waals surface area (Å²) < 4.78 is 18.5. The van der Waals surface area contributed by atoms with E-state index in [1.54, 1.807) is 12.1 Å². The number of halogens is 2. The largest absolute Gasteiger partial charge is 0.370 e. The normalized spacial score (nSPS) is 29.6. The van der Waals surface area contributed by atoms with Crippen molar-refractivity contribution in [3.8, 4) is 0 Å². The van der Waals surface area contributed by atoms with Crippen molar-refractivity contribution in [2.75, 3.05) is 6.61 Å². The summed E-state index contributed by atoms with van der Waals surface area (Å²) in [6, 6.07) is 7.17. The number of rotatable bonds is 1. The van der Waals surface area contributed by atoms with Crippen LogP contribution in [0, 0.1) is 5.82 Å². The monoisotopic (exact) mass is 245 g/mol. The van der Waals surface area contributed by atoms with Crippen molar-refractivity contribution < 1.29 is 9.13 Å². The zero-order valence-corrected chi connectivity index (χ0v) is 10.3. The second-order valence-corrected chi connectivity index (χ2v) is 4.16. The standard InChI is InChI=1S/C12H16FNO.ClH/c1-8-7-15-12(9(2)14-8)10-3-5-11(13)6-4-10;/h3-6,8-9,12,14H,7H2,1-2H3;1H. The minimum Gasteiger partial charge on any atom is -0.370 e. The Morgan fingerprint density at radius 2 is 1.88 bits per heavy atom. The molecule has 0 aliphatic carbocycles. The number of benzene rings is 1. The molecule has 1 saturated heterocycles. The number of hydrogen-bond acceptors (Lipinski definition) is 2. The van der Waals surface area contributed by atoms with Crippen LogP contribution >= 0.6 is 12.4 Å². The Morgan fingerprint density at radius 1 is 1.25 bits per heavy atom. The van der Waals surface area contributed by atoms with Crippen molar-refractivity contribution in [2.45, 2.75) is 32.0 Å². The Hall–Kier alpha value is -0.640. The molecule has 0 aromatic heterocycles. The third kappa shape index (κ3) is 2.94. The summed E-state index contributed by atoms with van der Waals surface area (Å²) in [6.45, 7) is 4.88. The van der Waals surface area contributed by atoms with Gasteiger partial charge in [0.05, 0.1) is 12.7 Å². The topological polar surface area (TPSA) is 21.3 Å². The van der Waals surface area contributed by atoms with Crippen LogP contribution in [0.1, 0.15) is 25.5 Å². The van der Waals surface area contributed by atoms with Gasteiger partial charge in [0, 0.05) is 12.1 Å². The first-order chi connectivity index (χ1) is 7.16. The lowest BCUT2D eigenvalue weighted by atomic mass is 10.0. The van der Waals surface area contributed by atoms with Crippen molar-refractivity contribution in [2.24, 2.45) is 0 Å². The molecule has 4 heteroatoms. The first kappa shape index (κ1) is 13.4. The van der Waals surface area contributed by atoms with E-state index >= 15 is 0 Å². The molecule has 1 aromatic rings. The molecule has 16 heavy (non-hydrogen) atoms. The van der Waals surface area contributed by atoms with Crippen molar-refractivity contribution in [1.29, 1.82) is 0 Å². The molecule has 90 valence electrons. The van der Waals surface area contributed by atoms with Gasteiger partial charge >= 0.3 is 0 Å². The fourth-order valence-corrected chi connectivity index (χ4v) is 2.01. The van der Waals surface area contributed by atoms with Gasteiger partial charge in [0.15, 0.2) is 0 Å². The average Bonchev–Trinajstić information content (AvgIpc) is 2.20. The minimum atomic E-state index is -0.205. The maximum atomic E-state index is 12.8. The number of ether oxygens (including phenoxy) is 1. The number of morpholine rings is 1. The molecule has 1 aromatic carbocycles.